The number of hydrogen-bond acceptors (Lipinski definition) is 1. The smallest absolute Gasteiger partial charge is 0.0177 e. The molecular weight excluding hydrogens is 181 g/mol. The fraction of sp³-hybridized carbons (Fsp3) is 0.500. The Morgan fingerprint density at radius 3 is 2.45 bits per heavy atom. The number of nitrogens with zero attached hydrogens (tertiary/aromatic N) is 1. The second-order valence-electron chi connectivity index (χ2n) is 2.00. The Morgan fingerprint density at radius 1 is 1.45 bits per heavy atom. The lowest BCUT2D eigenvalue weighted by molar-refractivity contribution is 0.355. The van der Waals surface area contributed by atoms with Crippen LogP contribution in [-0.4, -0.2) is 24.5 Å². The van der Waals surface area contributed by atoms with E-state index in [4.69, 9.17) is 11.6 Å². The summed E-state index contributed by atoms with van der Waals surface area (Å²) < 4.78 is 0. The SMILES string of the molecule is C=CCN(CC)CC=CCl.Cl. The summed E-state index contributed by atoms with van der Waals surface area (Å²) in [6.45, 7) is 8.65. The molecule has 0 radical (unpaired) electrons. The highest BCUT2D eigenvalue weighted by molar-refractivity contribution is 6.25. The third-order valence-electron chi connectivity index (χ3n) is 1.29. The molecule has 0 aromatic rings. The monoisotopic (exact) mass is 195 g/mol. The summed E-state index contributed by atoms with van der Waals surface area (Å²) in [5, 5.41) is 0. The van der Waals surface area contributed by atoms with Gasteiger partial charge in [0.2, 0.25) is 0 Å². The van der Waals surface area contributed by atoms with Gasteiger partial charge in [0.15, 0.2) is 0 Å². The van der Waals surface area contributed by atoms with Crippen molar-refractivity contribution in [3.8, 4) is 0 Å². The molecule has 3 heteroatoms. The molecule has 1 nitrogen and oxygen atoms in total. The van der Waals surface area contributed by atoms with E-state index in [1.807, 2.05) is 12.2 Å². The van der Waals surface area contributed by atoms with E-state index in [1.54, 1.807) is 5.54 Å². The molecule has 0 aliphatic heterocycles. The van der Waals surface area contributed by atoms with E-state index in [1.165, 1.54) is 0 Å². The summed E-state index contributed by atoms with van der Waals surface area (Å²) in [5.41, 5.74) is 1.55. The van der Waals surface area contributed by atoms with Crippen LogP contribution in [0.2, 0.25) is 0 Å². The van der Waals surface area contributed by atoms with Gasteiger partial charge in [-0.05, 0) is 6.54 Å². The van der Waals surface area contributed by atoms with Crippen LogP contribution in [-0.2, 0) is 0 Å². The van der Waals surface area contributed by atoms with Gasteiger partial charge in [0.1, 0.15) is 0 Å². The summed E-state index contributed by atoms with van der Waals surface area (Å²) in [4.78, 5) is 2.23. The first-order valence-electron chi connectivity index (χ1n) is 3.43. The maximum absolute atomic E-state index is 5.37. The van der Waals surface area contributed by atoms with Gasteiger partial charge in [-0.25, -0.2) is 0 Å². The molecule has 0 aliphatic rings. The average molecular weight is 196 g/mol. The minimum atomic E-state index is 0. The van der Waals surface area contributed by atoms with Gasteiger partial charge in [0.05, 0.1) is 0 Å². The van der Waals surface area contributed by atoms with E-state index in [2.05, 4.69) is 18.4 Å². The van der Waals surface area contributed by atoms with Gasteiger partial charge in [0.25, 0.3) is 0 Å². The molecule has 0 N–H and O–H groups in total. The molecule has 11 heavy (non-hydrogen) atoms. The molecule has 0 unspecified atom stereocenters. The summed E-state index contributed by atoms with van der Waals surface area (Å²) in [5.74, 6) is 0. The van der Waals surface area contributed by atoms with Gasteiger partial charge in [-0.3, -0.25) is 4.90 Å². The lowest BCUT2D eigenvalue weighted by Gasteiger charge is -2.14. The van der Waals surface area contributed by atoms with E-state index >= 15 is 0 Å². The van der Waals surface area contributed by atoms with Gasteiger partial charge < -0.3 is 0 Å². The summed E-state index contributed by atoms with van der Waals surface area (Å²) in [6, 6.07) is 0. The van der Waals surface area contributed by atoms with Crippen LogP contribution < -0.4 is 0 Å². The Labute approximate surface area is 80.1 Å². The van der Waals surface area contributed by atoms with E-state index in [-0.39, 0.29) is 12.4 Å². The van der Waals surface area contributed by atoms with Crippen molar-refractivity contribution in [2.75, 3.05) is 19.6 Å². The van der Waals surface area contributed by atoms with Crippen LogP contribution >= 0.6 is 24.0 Å². The first kappa shape index (κ1) is 13.6. The molecule has 0 heterocycles. The molecule has 0 aromatic carbocycles. The highest BCUT2D eigenvalue weighted by Crippen LogP contribution is 1.89. The predicted octanol–water partition coefficient (Wildman–Crippen LogP) is 2.67. The largest absolute Gasteiger partial charge is 0.296 e. The van der Waals surface area contributed by atoms with Crippen LogP contribution in [0.1, 0.15) is 6.92 Å². The highest BCUT2D eigenvalue weighted by atomic mass is 35.5. The zero-order valence-corrected chi connectivity index (χ0v) is 8.37. The second kappa shape index (κ2) is 10.0. The van der Waals surface area contributed by atoms with Crippen molar-refractivity contribution in [3.63, 3.8) is 0 Å². The number of likely N-dealkylation sites (N-methyl/N-ethyl adjacent to an activating group) is 1. The minimum absolute atomic E-state index is 0. The molecule has 0 aliphatic carbocycles. The molecular formula is C8H15Cl2N. The lowest BCUT2D eigenvalue weighted by atomic mass is 10.4. The van der Waals surface area contributed by atoms with Crippen molar-refractivity contribution in [1.82, 2.24) is 4.90 Å². The Balaban J connectivity index is 0. The molecule has 0 saturated carbocycles. The van der Waals surface area contributed by atoms with Gasteiger partial charge in [-0.2, -0.15) is 0 Å². The molecule has 0 fully saturated rings. The molecule has 0 aromatic heterocycles. The molecule has 0 spiro atoms. The molecule has 66 valence electrons. The first-order valence-corrected chi connectivity index (χ1v) is 3.87. The van der Waals surface area contributed by atoms with E-state index in [0.29, 0.717) is 0 Å². The second-order valence-corrected chi connectivity index (χ2v) is 2.25. The van der Waals surface area contributed by atoms with Crippen molar-refractivity contribution in [2.45, 2.75) is 6.92 Å². The minimum Gasteiger partial charge on any atom is -0.296 e. The van der Waals surface area contributed by atoms with Crippen LogP contribution in [0.25, 0.3) is 0 Å². The Hall–Kier alpha value is 0.0200. The van der Waals surface area contributed by atoms with Crippen LogP contribution in [0.3, 0.4) is 0 Å². The molecule has 0 rings (SSSR count). The quantitative estimate of drug-likeness (QED) is 0.611. The van der Waals surface area contributed by atoms with Crippen LogP contribution in [0.4, 0.5) is 0 Å². The van der Waals surface area contributed by atoms with Gasteiger partial charge in [-0.1, -0.05) is 30.7 Å². The fourth-order valence-electron chi connectivity index (χ4n) is 0.704. The summed E-state index contributed by atoms with van der Waals surface area (Å²) >= 11 is 5.37. The van der Waals surface area contributed by atoms with Crippen LogP contribution in [0.15, 0.2) is 24.3 Å². The van der Waals surface area contributed by atoms with Crippen molar-refractivity contribution < 1.29 is 0 Å². The third-order valence-corrected chi connectivity index (χ3v) is 1.47. The predicted molar refractivity (Wildman–Crippen MR) is 54.6 cm³/mol. The topological polar surface area (TPSA) is 3.24 Å². The zero-order chi connectivity index (χ0) is 7.82. The molecule has 0 saturated heterocycles. The van der Waals surface area contributed by atoms with Crippen molar-refractivity contribution in [1.29, 1.82) is 0 Å². The maximum atomic E-state index is 5.37. The van der Waals surface area contributed by atoms with E-state index in [9.17, 15) is 0 Å². The maximum Gasteiger partial charge on any atom is 0.0177 e. The van der Waals surface area contributed by atoms with Crippen molar-refractivity contribution in [3.05, 3.63) is 24.3 Å². The van der Waals surface area contributed by atoms with Gasteiger partial charge in [-0.15, -0.1) is 19.0 Å². The van der Waals surface area contributed by atoms with E-state index < -0.39 is 0 Å². The zero-order valence-electron chi connectivity index (χ0n) is 6.79. The van der Waals surface area contributed by atoms with E-state index in [0.717, 1.165) is 19.6 Å². The Bertz CT molecular complexity index is 113. The van der Waals surface area contributed by atoms with Crippen molar-refractivity contribution >= 4 is 24.0 Å². The average Bonchev–Trinajstić information content (AvgIpc) is 1.98. The highest BCUT2D eigenvalue weighted by Gasteiger charge is 1.93. The number of hydrogen-bond donors (Lipinski definition) is 0. The molecule has 0 bridgehead atoms. The Morgan fingerprint density at radius 2 is 2.09 bits per heavy atom. The number of halogens is 2. The molecule has 0 amide bonds. The van der Waals surface area contributed by atoms with Gasteiger partial charge >= 0.3 is 0 Å². The first-order chi connectivity index (χ1) is 4.85. The summed E-state index contributed by atoms with van der Waals surface area (Å²) in [7, 11) is 0. The fourth-order valence-corrected chi connectivity index (χ4v) is 0.784. The molecule has 0 atom stereocenters. The van der Waals surface area contributed by atoms with Gasteiger partial charge in [0, 0.05) is 18.6 Å². The lowest BCUT2D eigenvalue weighted by Crippen LogP contribution is -2.23. The Kier molecular flexibility index (Phi) is 12.4. The standard InChI is InChI=1S/C8H14ClN.ClH/c1-3-7-10(4-2)8-5-6-9;/h3,5-6H,1,4,7-8H2,2H3;1H. The van der Waals surface area contributed by atoms with Crippen LogP contribution in [0, 0.1) is 0 Å². The number of rotatable bonds is 5. The summed E-state index contributed by atoms with van der Waals surface area (Å²) in [6.07, 6.45) is 3.82. The van der Waals surface area contributed by atoms with Crippen LogP contribution in [0.5, 0.6) is 0 Å². The van der Waals surface area contributed by atoms with Crippen molar-refractivity contribution in [2.24, 2.45) is 0 Å². The normalized spacial score (nSPS) is 10.1. The third kappa shape index (κ3) is 7.92.